The van der Waals surface area contributed by atoms with Gasteiger partial charge in [-0.3, -0.25) is 4.79 Å². The molecule has 88 valence electrons. The number of imidazole rings is 1. The first kappa shape index (κ1) is 11.9. The molecule has 1 N–H and O–H groups in total. The predicted molar refractivity (Wildman–Crippen MR) is 66.0 cm³/mol. The van der Waals surface area contributed by atoms with Crippen molar-refractivity contribution < 1.29 is 9.90 Å². The van der Waals surface area contributed by atoms with Gasteiger partial charge >= 0.3 is 5.97 Å². The molecular formula is C10H14N2O2S2. The second-order valence-corrected chi connectivity index (χ2v) is 5.87. The molecule has 0 aliphatic carbocycles. The Kier molecular flexibility index (Phi) is 4.17. The minimum atomic E-state index is -0.795. The minimum absolute atomic E-state index is 0.0798. The van der Waals surface area contributed by atoms with Crippen LogP contribution in [0.4, 0.5) is 0 Å². The average molecular weight is 258 g/mol. The first-order chi connectivity index (χ1) is 7.75. The van der Waals surface area contributed by atoms with Gasteiger partial charge in [-0.15, -0.1) is 0 Å². The van der Waals surface area contributed by atoms with Crippen molar-refractivity contribution in [3.05, 3.63) is 12.4 Å². The number of aliphatic carboxylic acids is 1. The molecule has 4 nitrogen and oxygen atoms in total. The van der Waals surface area contributed by atoms with Gasteiger partial charge in [0.05, 0.1) is 5.75 Å². The lowest BCUT2D eigenvalue weighted by Gasteiger charge is -2.11. The zero-order valence-electron chi connectivity index (χ0n) is 8.83. The Balaban J connectivity index is 1.92. The van der Waals surface area contributed by atoms with Crippen molar-refractivity contribution in [1.29, 1.82) is 0 Å². The number of hydrogen-bond donors (Lipinski definition) is 1. The topological polar surface area (TPSA) is 55.1 Å². The fourth-order valence-electron chi connectivity index (χ4n) is 1.71. The van der Waals surface area contributed by atoms with Crippen LogP contribution in [-0.2, 0) is 11.3 Å². The first-order valence-corrected chi connectivity index (χ1v) is 7.33. The van der Waals surface area contributed by atoms with Crippen molar-refractivity contribution in [2.75, 3.05) is 17.3 Å². The Bertz CT molecular complexity index is 361. The van der Waals surface area contributed by atoms with E-state index in [1.807, 2.05) is 18.0 Å². The van der Waals surface area contributed by atoms with E-state index in [0.29, 0.717) is 5.92 Å². The summed E-state index contributed by atoms with van der Waals surface area (Å²) in [5.41, 5.74) is 0. The molecule has 1 aromatic heterocycles. The number of rotatable bonds is 5. The molecule has 6 heteroatoms. The van der Waals surface area contributed by atoms with Crippen LogP contribution in [0.3, 0.4) is 0 Å². The van der Waals surface area contributed by atoms with E-state index >= 15 is 0 Å². The molecule has 1 unspecified atom stereocenters. The summed E-state index contributed by atoms with van der Waals surface area (Å²) >= 11 is 3.28. The first-order valence-electron chi connectivity index (χ1n) is 5.19. The summed E-state index contributed by atoms with van der Waals surface area (Å²) in [6, 6.07) is 0. The zero-order valence-corrected chi connectivity index (χ0v) is 10.5. The molecule has 1 aromatic rings. The summed E-state index contributed by atoms with van der Waals surface area (Å²) in [4.78, 5) is 14.7. The highest BCUT2D eigenvalue weighted by molar-refractivity contribution is 7.99. The second kappa shape index (κ2) is 5.63. The lowest BCUT2D eigenvalue weighted by atomic mass is 10.1. The van der Waals surface area contributed by atoms with Crippen molar-refractivity contribution in [2.45, 2.75) is 18.1 Å². The molecule has 0 saturated carbocycles. The molecule has 2 rings (SSSR count). The normalized spacial score (nSPS) is 20.1. The molecule has 2 heterocycles. The van der Waals surface area contributed by atoms with E-state index in [1.54, 1.807) is 6.20 Å². The van der Waals surface area contributed by atoms with E-state index in [4.69, 9.17) is 5.11 Å². The van der Waals surface area contributed by atoms with E-state index in [0.717, 1.165) is 11.7 Å². The van der Waals surface area contributed by atoms with Gasteiger partial charge in [0.2, 0.25) is 0 Å². The van der Waals surface area contributed by atoms with Crippen molar-refractivity contribution in [3.63, 3.8) is 0 Å². The highest BCUT2D eigenvalue weighted by Gasteiger charge is 2.17. The fraction of sp³-hybridized carbons (Fsp3) is 0.600. The van der Waals surface area contributed by atoms with Crippen molar-refractivity contribution in [2.24, 2.45) is 5.92 Å². The molecule has 0 bridgehead atoms. The molecule has 1 aliphatic heterocycles. The molecule has 1 fully saturated rings. The van der Waals surface area contributed by atoms with Crippen LogP contribution < -0.4 is 0 Å². The van der Waals surface area contributed by atoms with Gasteiger partial charge in [0.15, 0.2) is 5.16 Å². The minimum Gasteiger partial charge on any atom is -0.481 e. The summed E-state index contributed by atoms with van der Waals surface area (Å²) in [7, 11) is 0. The molecule has 0 amide bonds. The maximum atomic E-state index is 10.5. The SMILES string of the molecule is O=C(O)CSc1nccn1CC1CCSC1. The highest BCUT2D eigenvalue weighted by Crippen LogP contribution is 2.26. The lowest BCUT2D eigenvalue weighted by Crippen LogP contribution is -2.10. The van der Waals surface area contributed by atoms with E-state index in [9.17, 15) is 4.79 Å². The van der Waals surface area contributed by atoms with Gasteiger partial charge in [-0.25, -0.2) is 4.98 Å². The predicted octanol–water partition coefficient (Wildman–Crippen LogP) is 1.81. The maximum absolute atomic E-state index is 10.5. The van der Waals surface area contributed by atoms with Crippen molar-refractivity contribution in [1.82, 2.24) is 9.55 Å². The summed E-state index contributed by atoms with van der Waals surface area (Å²) in [5.74, 6) is 2.45. The molecule has 1 aliphatic rings. The Morgan fingerprint density at radius 2 is 2.62 bits per heavy atom. The third-order valence-corrected chi connectivity index (χ3v) is 4.70. The van der Waals surface area contributed by atoms with Crippen LogP contribution in [0.1, 0.15) is 6.42 Å². The second-order valence-electron chi connectivity index (χ2n) is 3.77. The summed E-state index contributed by atoms with van der Waals surface area (Å²) in [6.07, 6.45) is 4.94. The van der Waals surface area contributed by atoms with E-state index in [-0.39, 0.29) is 5.75 Å². The molecule has 1 saturated heterocycles. The third kappa shape index (κ3) is 3.18. The van der Waals surface area contributed by atoms with Crippen LogP contribution in [0, 0.1) is 5.92 Å². The Hall–Kier alpha value is -0.620. The van der Waals surface area contributed by atoms with Crippen molar-refractivity contribution >= 4 is 29.5 Å². The van der Waals surface area contributed by atoms with Crippen LogP contribution >= 0.6 is 23.5 Å². The number of nitrogens with zero attached hydrogens (tertiary/aromatic N) is 2. The molecule has 16 heavy (non-hydrogen) atoms. The van der Waals surface area contributed by atoms with Crippen molar-refractivity contribution in [3.8, 4) is 0 Å². The summed E-state index contributed by atoms with van der Waals surface area (Å²) in [6.45, 7) is 0.967. The third-order valence-electron chi connectivity index (χ3n) is 2.48. The number of carboxylic acid groups (broad SMARTS) is 1. The Morgan fingerprint density at radius 3 is 3.31 bits per heavy atom. The largest absolute Gasteiger partial charge is 0.481 e. The van der Waals surface area contributed by atoms with Gasteiger partial charge in [0, 0.05) is 18.9 Å². The van der Waals surface area contributed by atoms with Crippen LogP contribution in [0.2, 0.25) is 0 Å². The Morgan fingerprint density at radius 1 is 1.75 bits per heavy atom. The van der Waals surface area contributed by atoms with E-state index in [2.05, 4.69) is 9.55 Å². The molecule has 1 atom stereocenters. The van der Waals surface area contributed by atoms with Crippen LogP contribution in [0.25, 0.3) is 0 Å². The monoisotopic (exact) mass is 258 g/mol. The van der Waals surface area contributed by atoms with Gasteiger partial charge in [-0.1, -0.05) is 11.8 Å². The number of thioether (sulfide) groups is 2. The summed E-state index contributed by atoms with van der Waals surface area (Å²) < 4.78 is 2.07. The van der Waals surface area contributed by atoms with Gasteiger partial charge in [-0.2, -0.15) is 11.8 Å². The molecule has 0 spiro atoms. The number of hydrogen-bond acceptors (Lipinski definition) is 4. The lowest BCUT2D eigenvalue weighted by molar-refractivity contribution is -0.133. The maximum Gasteiger partial charge on any atom is 0.313 e. The smallest absolute Gasteiger partial charge is 0.313 e. The quantitative estimate of drug-likeness (QED) is 0.816. The van der Waals surface area contributed by atoms with Crippen LogP contribution in [0.15, 0.2) is 17.6 Å². The van der Waals surface area contributed by atoms with Crippen LogP contribution in [-0.4, -0.2) is 37.9 Å². The van der Waals surface area contributed by atoms with Gasteiger partial charge < -0.3 is 9.67 Å². The number of carbonyl (C=O) groups is 1. The van der Waals surface area contributed by atoms with Gasteiger partial charge in [0.25, 0.3) is 0 Å². The molecule has 0 radical (unpaired) electrons. The fourth-order valence-corrected chi connectivity index (χ4v) is 3.67. The molecule has 0 aromatic carbocycles. The number of carboxylic acids is 1. The Labute approximate surface area is 103 Å². The zero-order chi connectivity index (χ0) is 11.4. The number of aromatic nitrogens is 2. The highest BCUT2D eigenvalue weighted by atomic mass is 32.2. The van der Waals surface area contributed by atoms with Gasteiger partial charge in [0.1, 0.15) is 0 Å². The molecular weight excluding hydrogens is 244 g/mol. The average Bonchev–Trinajstić information content (AvgIpc) is 2.87. The van der Waals surface area contributed by atoms with E-state index in [1.165, 1.54) is 29.7 Å². The summed E-state index contributed by atoms with van der Waals surface area (Å²) in [5, 5.41) is 9.45. The van der Waals surface area contributed by atoms with E-state index < -0.39 is 5.97 Å². The van der Waals surface area contributed by atoms with Gasteiger partial charge in [-0.05, 0) is 23.8 Å². The van der Waals surface area contributed by atoms with Crippen LogP contribution in [0.5, 0.6) is 0 Å². The standard InChI is InChI=1S/C10H14N2O2S2/c13-9(14)7-16-10-11-2-3-12(10)5-8-1-4-15-6-8/h2-3,8H,1,4-7H2,(H,13,14).